The van der Waals surface area contributed by atoms with E-state index in [2.05, 4.69) is 20.8 Å². The Kier molecular flexibility index (Phi) is 4.34. The fourth-order valence-electron chi connectivity index (χ4n) is 2.13. The van der Waals surface area contributed by atoms with Crippen LogP contribution in [0.2, 0.25) is 0 Å². The third kappa shape index (κ3) is 3.25. The molecule has 0 atom stereocenters. The summed E-state index contributed by atoms with van der Waals surface area (Å²) < 4.78 is 1.59. The number of nitrogens with zero attached hydrogens (tertiary/aromatic N) is 4. The Labute approximate surface area is 131 Å². The second kappa shape index (κ2) is 6.57. The maximum atomic E-state index is 12.1. The first-order chi connectivity index (χ1) is 10.7. The molecular formula is C15H15N5OS. The van der Waals surface area contributed by atoms with Crippen LogP contribution < -0.4 is 5.32 Å². The van der Waals surface area contributed by atoms with Crippen LogP contribution >= 0.6 is 11.8 Å². The molecule has 0 aliphatic rings. The van der Waals surface area contributed by atoms with E-state index in [1.165, 1.54) is 11.8 Å². The van der Waals surface area contributed by atoms with Crippen LogP contribution in [0.4, 0.5) is 5.69 Å². The van der Waals surface area contributed by atoms with Crippen molar-refractivity contribution >= 4 is 34.1 Å². The lowest BCUT2D eigenvalue weighted by atomic mass is 10.1. The summed E-state index contributed by atoms with van der Waals surface area (Å²) in [5.41, 5.74) is 0.841. The molecular weight excluding hydrogens is 298 g/mol. The van der Waals surface area contributed by atoms with Crippen molar-refractivity contribution in [2.75, 3.05) is 11.1 Å². The van der Waals surface area contributed by atoms with E-state index in [1.807, 2.05) is 42.5 Å². The number of hydrogen-bond donors (Lipinski definition) is 1. The SMILES string of the molecule is Cn1nnnc1SCCC(=O)Nc1cccc2ccccc12. The van der Waals surface area contributed by atoms with E-state index < -0.39 is 0 Å². The van der Waals surface area contributed by atoms with Gasteiger partial charge in [-0.2, -0.15) is 0 Å². The Morgan fingerprint density at radius 3 is 2.86 bits per heavy atom. The fraction of sp³-hybridized carbons (Fsp3) is 0.200. The Balaban J connectivity index is 1.60. The van der Waals surface area contributed by atoms with Crippen molar-refractivity contribution in [1.82, 2.24) is 20.2 Å². The molecule has 1 aromatic heterocycles. The minimum Gasteiger partial charge on any atom is -0.325 e. The van der Waals surface area contributed by atoms with Crippen LogP contribution in [0.15, 0.2) is 47.6 Å². The van der Waals surface area contributed by atoms with Gasteiger partial charge in [0.05, 0.1) is 0 Å². The van der Waals surface area contributed by atoms with Crippen molar-refractivity contribution in [3.8, 4) is 0 Å². The van der Waals surface area contributed by atoms with Crippen LogP contribution in [0.25, 0.3) is 10.8 Å². The van der Waals surface area contributed by atoms with E-state index in [0.29, 0.717) is 17.3 Å². The summed E-state index contributed by atoms with van der Waals surface area (Å²) >= 11 is 1.46. The third-order valence-electron chi connectivity index (χ3n) is 3.21. The molecule has 3 rings (SSSR count). The number of nitrogens with one attached hydrogen (secondary N) is 1. The van der Waals surface area contributed by atoms with Crippen molar-refractivity contribution in [2.24, 2.45) is 7.05 Å². The van der Waals surface area contributed by atoms with Crippen LogP contribution in [0.3, 0.4) is 0 Å². The molecule has 0 fully saturated rings. The van der Waals surface area contributed by atoms with Gasteiger partial charge in [0.15, 0.2) is 0 Å². The van der Waals surface area contributed by atoms with Gasteiger partial charge in [0, 0.05) is 30.3 Å². The fourth-order valence-corrected chi connectivity index (χ4v) is 2.91. The number of anilines is 1. The largest absolute Gasteiger partial charge is 0.325 e. The predicted molar refractivity (Wildman–Crippen MR) is 86.7 cm³/mol. The topological polar surface area (TPSA) is 72.7 Å². The molecule has 0 saturated heterocycles. The van der Waals surface area contributed by atoms with Crippen LogP contribution in [0, 0.1) is 0 Å². The molecule has 1 amide bonds. The normalized spacial score (nSPS) is 10.8. The highest BCUT2D eigenvalue weighted by Crippen LogP contribution is 2.23. The van der Waals surface area contributed by atoms with Gasteiger partial charge in [-0.15, -0.1) is 5.10 Å². The maximum Gasteiger partial charge on any atom is 0.225 e. The molecule has 0 bridgehead atoms. The standard InChI is InChI=1S/C15H15N5OS/c1-20-15(17-18-19-20)22-10-9-14(21)16-13-8-4-6-11-5-2-3-7-12(11)13/h2-8H,9-10H2,1H3,(H,16,21). The van der Waals surface area contributed by atoms with Gasteiger partial charge in [0.25, 0.3) is 0 Å². The lowest BCUT2D eigenvalue weighted by Gasteiger charge is -2.08. The molecule has 0 unspecified atom stereocenters. The molecule has 0 aliphatic carbocycles. The first-order valence-corrected chi connectivity index (χ1v) is 7.85. The number of carbonyl (C=O) groups excluding carboxylic acids is 1. The number of aryl methyl sites for hydroxylation is 1. The monoisotopic (exact) mass is 313 g/mol. The molecule has 3 aromatic rings. The quantitative estimate of drug-likeness (QED) is 0.733. The summed E-state index contributed by atoms with van der Waals surface area (Å²) in [6, 6.07) is 13.9. The Hall–Kier alpha value is -2.41. The number of tetrazole rings is 1. The number of carbonyl (C=O) groups is 1. The molecule has 0 spiro atoms. The maximum absolute atomic E-state index is 12.1. The summed E-state index contributed by atoms with van der Waals surface area (Å²) in [6.07, 6.45) is 0.404. The number of amides is 1. The van der Waals surface area contributed by atoms with Gasteiger partial charge in [-0.25, -0.2) is 4.68 Å². The lowest BCUT2D eigenvalue weighted by Crippen LogP contribution is -2.12. The zero-order valence-electron chi connectivity index (χ0n) is 12.1. The Morgan fingerprint density at radius 1 is 1.23 bits per heavy atom. The Bertz CT molecular complexity index is 796. The number of aromatic nitrogens is 4. The smallest absolute Gasteiger partial charge is 0.225 e. The molecule has 1 N–H and O–H groups in total. The molecule has 112 valence electrons. The Morgan fingerprint density at radius 2 is 2.05 bits per heavy atom. The highest BCUT2D eigenvalue weighted by atomic mass is 32.2. The van der Waals surface area contributed by atoms with E-state index in [-0.39, 0.29) is 5.91 Å². The minimum atomic E-state index is -0.0148. The van der Waals surface area contributed by atoms with Crippen LogP contribution in [-0.2, 0) is 11.8 Å². The lowest BCUT2D eigenvalue weighted by molar-refractivity contribution is -0.115. The van der Waals surface area contributed by atoms with Gasteiger partial charge in [-0.05, 0) is 21.9 Å². The zero-order chi connectivity index (χ0) is 15.4. The van der Waals surface area contributed by atoms with Crippen molar-refractivity contribution in [3.05, 3.63) is 42.5 Å². The summed E-state index contributed by atoms with van der Waals surface area (Å²) in [7, 11) is 1.78. The van der Waals surface area contributed by atoms with Gasteiger partial charge in [0.1, 0.15) is 0 Å². The van der Waals surface area contributed by atoms with Crippen LogP contribution in [0.5, 0.6) is 0 Å². The summed E-state index contributed by atoms with van der Waals surface area (Å²) in [4.78, 5) is 12.1. The first-order valence-electron chi connectivity index (χ1n) is 6.87. The van der Waals surface area contributed by atoms with Crippen molar-refractivity contribution in [2.45, 2.75) is 11.6 Å². The minimum absolute atomic E-state index is 0.0148. The van der Waals surface area contributed by atoms with Crippen molar-refractivity contribution in [3.63, 3.8) is 0 Å². The van der Waals surface area contributed by atoms with Crippen LogP contribution in [0.1, 0.15) is 6.42 Å². The predicted octanol–water partition coefficient (Wildman–Crippen LogP) is 2.48. The summed E-state index contributed by atoms with van der Waals surface area (Å²) in [5, 5.41) is 17.0. The molecule has 6 nitrogen and oxygen atoms in total. The molecule has 2 aromatic carbocycles. The van der Waals surface area contributed by atoms with E-state index >= 15 is 0 Å². The second-order valence-electron chi connectivity index (χ2n) is 4.76. The molecule has 0 radical (unpaired) electrons. The van der Waals surface area contributed by atoms with Gasteiger partial charge >= 0.3 is 0 Å². The summed E-state index contributed by atoms with van der Waals surface area (Å²) in [5.74, 6) is 0.615. The zero-order valence-corrected chi connectivity index (χ0v) is 12.9. The average molecular weight is 313 g/mol. The van der Waals surface area contributed by atoms with E-state index in [1.54, 1.807) is 11.7 Å². The van der Waals surface area contributed by atoms with Gasteiger partial charge in [-0.1, -0.05) is 48.2 Å². The number of benzene rings is 2. The third-order valence-corrected chi connectivity index (χ3v) is 4.22. The van der Waals surface area contributed by atoms with E-state index in [9.17, 15) is 4.79 Å². The van der Waals surface area contributed by atoms with E-state index in [4.69, 9.17) is 0 Å². The number of thioether (sulfide) groups is 1. The number of fused-ring (bicyclic) bond motifs is 1. The average Bonchev–Trinajstić information content (AvgIpc) is 2.93. The van der Waals surface area contributed by atoms with Gasteiger partial charge in [0.2, 0.25) is 11.1 Å². The molecule has 7 heteroatoms. The van der Waals surface area contributed by atoms with Crippen LogP contribution in [-0.4, -0.2) is 31.9 Å². The molecule has 1 heterocycles. The van der Waals surface area contributed by atoms with Gasteiger partial charge in [-0.3, -0.25) is 4.79 Å². The number of hydrogen-bond acceptors (Lipinski definition) is 5. The van der Waals surface area contributed by atoms with Crippen molar-refractivity contribution < 1.29 is 4.79 Å². The second-order valence-corrected chi connectivity index (χ2v) is 5.82. The molecule has 22 heavy (non-hydrogen) atoms. The van der Waals surface area contributed by atoms with Crippen molar-refractivity contribution in [1.29, 1.82) is 0 Å². The highest BCUT2D eigenvalue weighted by Gasteiger charge is 2.08. The number of rotatable bonds is 5. The highest BCUT2D eigenvalue weighted by molar-refractivity contribution is 7.99. The van der Waals surface area contributed by atoms with Gasteiger partial charge < -0.3 is 5.32 Å². The molecule has 0 aliphatic heterocycles. The summed E-state index contributed by atoms with van der Waals surface area (Å²) in [6.45, 7) is 0. The van der Waals surface area contributed by atoms with E-state index in [0.717, 1.165) is 16.5 Å². The first kappa shape index (κ1) is 14.5. The molecule has 0 saturated carbocycles.